The molecule has 1 aliphatic heterocycles. The number of halogens is 1. The number of hydrogen-bond acceptors (Lipinski definition) is 6. The molecule has 4 aromatic rings. The van der Waals surface area contributed by atoms with Crippen molar-refractivity contribution >= 4 is 55.7 Å². The van der Waals surface area contributed by atoms with Crippen molar-refractivity contribution in [2.75, 3.05) is 11.5 Å². The molecule has 0 radical (unpaired) electrons. The number of hydrogen-bond donors (Lipinski definition) is 1. The van der Waals surface area contributed by atoms with E-state index in [0.717, 1.165) is 4.70 Å². The van der Waals surface area contributed by atoms with E-state index < -0.39 is 17.7 Å². The molecule has 1 fully saturated rings. The first-order valence-electron chi connectivity index (χ1n) is 10.6. The van der Waals surface area contributed by atoms with Crippen molar-refractivity contribution in [2.45, 2.75) is 13.0 Å². The average molecular weight is 491 g/mol. The van der Waals surface area contributed by atoms with Gasteiger partial charge in [0.1, 0.15) is 11.5 Å². The molecule has 34 heavy (non-hydrogen) atoms. The molecule has 0 spiro atoms. The van der Waals surface area contributed by atoms with Crippen molar-refractivity contribution in [3.05, 3.63) is 94.5 Å². The Kier molecular flexibility index (Phi) is 5.81. The maximum absolute atomic E-state index is 13.3. The number of ether oxygens (including phenoxy) is 1. The summed E-state index contributed by atoms with van der Waals surface area (Å²) in [7, 11) is 0. The van der Waals surface area contributed by atoms with Crippen LogP contribution in [0.25, 0.3) is 16.0 Å². The predicted octanol–water partition coefficient (Wildman–Crippen LogP) is 5.97. The number of aliphatic hydroxyl groups excluding tert-OH is 1. The van der Waals surface area contributed by atoms with Crippen LogP contribution in [0.15, 0.2) is 78.4 Å². The molecule has 1 aromatic heterocycles. The van der Waals surface area contributed by atoms with Crippen LogP contribution in [0, 0.1) is 0 Å². The first-order valence-corrected chi connectivity index (χ1v) is 11.8. The minimum absolute atomic E-state index is 0.00673. The first-order chi connectivity index (χ1) is 16.5. The molecule has 8 heteroatoms. The molecule has 3 aromatic carbocycles. The number of carbonyl (C=O) groups excluding carboxylic acids is 2. The van der Waals surface area contributed by atoms with E-state index in [1.54, 1.807) is 48.5 Å². The minimum Gasteiger partial charge on any atom is -0.507 e. The van der Waals surface area contributed by atoms with E-state index in [0.29, 0.717) is 39.2 Å². The normalized spacial score (nSPS) is 17.5. The van der Waals surface area contributed by atoms with Gasteiger partial charge in [-0.2, -0.15) is 0 Å². The van der Waals surface area contributed by atoms with Gasteiger partial charge >= 0.3 is 5.91 Å². The lowest BCUT2D eigenvalue weighted by atomic mass is 9.95. The van der Waals surface area contributed by atoms with Crippen LogP contribution in [-0.2, 0) is 9.59 Å². The summed E-state index contributed by atoms with van der Waals surface area (Å²) < 4.78 is 6.39. The Morgan fingerprint density at radius 2 is 1.88 bits per heavy atom. The van der Waals surface area contributed by atoms with E-state index in [1.807, 2.05) is 31.2 Å². The van der Waals surface area contributed by atoms with Crippen molar-refractivity contribution in [1.82, 2.24) is 4.98 Å². The first kappa shape index (κ1) is 22.1. The van der Waals surface area contributed by atoms with Gasteiger partial charge in [-0.05, 0) is 42.8 Å². The van der Waals surface area contributed by atoms with E-state index >= 15 is 0 Å². The van der Waals surface area contributed by atoms with E-state index in [2.05, 4.69) is 4.98 Å². The summed E-state index contributed by atoms with van der Waals surface area (Å²) in [4.78, 5) is 32.5. The topological polar surface area (TPSA) is 79.7 Å². The molecular formula is C26H19ClN2O4S. The van der Waals surface area contributed by atoms with Gasteiger partial charge in [0, 0.05) is 10.6 Å². The van der Waals surface area contributed by atoms with E-state index in [-0.39, 0.29) is 11.3 Å². The number of rotatable bonds is 5. The number of Topliss-reactive ketones (excluding diaryl/α,β-unsaturated/α-hetero) is 1. The van der Waals surface area contributed by atoms with Crippen molar-refractivity contribution in [3.8, 4) is 5.75 Å². The predicted molar refractivity (Wildman–Crippen MR) is 133 cm³/mol. The second-order valence-electron chi connectivity index (χ2n) is 7.65. The smallest absolute Gasteiger partial charge is 0.301 e. The number of aromatic nitrogens is 1. The minimum atomic E-state index is -0.883. The Balaban J connectivity index is 1.70. The molecular weight excluding hydrogens is 472 g/mol. The quantitative estimate of drug-likeness (QED) is 0.211. The molecule has 2 heterocycles. The number of aliphatic hydroxyl groups is 1. The van der Waals surface area contributed by atoms with Gasteiger partial charge in [-0.15, -0.1) is 0 Å². The molecule has 5 rings (SSSR count). The standard InChI is InChI=1S/C26H19ClN2O4S/c1-2-33-18-11-12-19-20(14-18)34-26(28-19)29-22(16-9-6-10-17(27)13-16)21(24(31)25(29)32)23(30)15-7-4-3-5-8-15/h3-14,22,30H,2H2,1H3. The molecule has 6 nitrogen and oxygen atoms in total. The molecule has 1 unspecified atom stereocenters. The Hall–Kier alpha value is -3.68. The van der Waals surface area contributed by atoms with Gasteiger partial charge in [-0.3, -0.25) is 14.5 Å². The fourth-order valence-corrected chi connectivity index (χ4v) is 5.25. The van der Waals surface area contributed by atoms with Crippen molar-refractivity contribution in [2.24, 2.45) is 0 Å². The monoisotopic (exact) mass is 490 g/mol. The highest BCUT2D eigenvalue weighted by molar-refractivity contribution is 7.22. The molecule has 0 bridgehead atoms. The Morgan fingerprint density at radius 1 is 1.09 bits per heavy atom. The third-order valence-electron chi connectivity index (χ3n) is 5.52. The van der Waals surface area contributed by atoms with Crippen molar-refractivity contribution < 1.29 is 19.4 Å². The van der Waals surface area contributed by atoms with Crippen LogP contribution in [0.2, 0.25) is 5.02 Å². The van der Waals surface area contributed by atoms with Crippen LogP contribution >= 0.6 is 22.9 Å². The van der Waals surface area contributed by atoms with Gasteiger partial charge in [0.25, 0.3) is 5.78 Å². The third-order valence-corrected chi connectivity index (χ3v) is 6.77. The number of amides is 1. The van der Waals surface area contributed by atoms with Gasteiger partial charge in [-0.25, -0.2) is 4.98 Å². The second kappa shape index (κ2) is 8.93. The van der Waals surface area contributed by atoms with Crippen LogP contribution in [0.4, 0.5) is 5.13 Å². The van der Waals surface area contributed by atoms with Crippen LogP contribution in [0.1, 0.15) is 24.1 Å². The summed E-state index contributed by atoms with van der Waals surface area (Å²) in [6.07, 6.45) is 0. The third kappa shape index (κ3) is 3.83. The number of nitrogens with zero attached hydrogens (tertiary/aromatic N) is 2. The number of carbonyl (C=O) groups is 2. The zero-order valence-electron chi connectivity index (χ0n) is 18.1. The van der Waals surface area contributed by atoms with Crippen LogP contribution in [-0.4, -0.2) is 28.4 Å². The molecule has 0 saturated carbocycles. The Labute approximate surface area is 204 Å². The molecule has 1 N–H and O–H groups in total. The number of ketones is 1. The lowest BCUT2D eigenvalue weighted by Crippen LogP contribution is -2.29. The Morgan fingerprint density at radius 3 is 2.62 bits per heavy atom. The van der Waals surface area contributed by atoms with Gasteiger partial charge in [0.05, 0.1) is 28.4 Å². The van der Waals surface area contributed by atoms with Crippen molar-refractivity contribution in [3.63, 3.8) is 0 Å². The zero-order valence-corrected chi connectivity index (χ0v) is 19.6. The molecule has 170 valence electrons. The highest BCUT2D eigenvalue weighted by Crippen LogP contribution is 2.45. The van der Waals surface area contributed by atoms with Gasteiger partial charge in [0.15, 0.2) is 5.13 Å². The average Bonchev–Trinajstić information content (AvgIpc) is 3.37. The van der Waals surface area contributed by atoms with Crippen LogP contribution in [0.3, 0.4) is 0 Å². The molecule has 1 atom stereocenters. The number of thiazole rings is 1. The summed E-state index contributed by atoms with van der Waals surface area (Å²) in [6.45, 7) is 2.43. The molecule has 0 aliphatic carbocycles. The van der Waals surface area contributed by atoms with E-state index in [1.165, 1.54) is 16.2 Å². The zero-order chi connectivity index (χ0) is 23.8. The SMILES string of the molecule is CCOc1ccc2nc(N3C(=O)C(=O)C(=C(O)c4ccccc4)C3c3cccc(Cl)c3)sc2c1. The summed E-state index contributed by atoms with van der Waals surface area (Å²) in [6, 6.07) is 20.2. The summed E-state index contributed by atoms with van der Waals surface area (Å²) in [5, 5.41) is 11.9. The fourth-order valence-electron chi connectivity index (χ4n) is 4.03. The number of fused-ring (bicyclic) bond motifs is 1. The lowest BCUT2D eigenvalue weighted by molar-refractivity contribution is -0.132. The van der Waals surface area contributed by atoms with Gasteiger partial charge in [0.2, 0.25) is 0 Å². The number of benzene rings is 3. The molecule has 1 amide bonds. The summed E-state index contributed by atoms with van der Waals surface area (Å²) >= 11 is 7.53. The van der Waals surface area contributed by atoms with E-state index in [4.69, 9.17) is 16.3 Å². The lowest BCUT2D eigenvalue weighted by Gasteiger charge is -2.23. The number of anilines is 1. The molecule has 1 aliphatic rings. The van der Waals surface area contributed by atoms with Crippen LogP contribution in [0.5, 0.6) is 5.75 Å². The van der Waals surface area contributed by atoms with Crippen molar-refractivity contribution in [1.29, 1.82) is 0 Å². The summed E-state index contributed by atoms with van der Waals surface area (Å²) in [5.74, 6) is -1.08. The van der Waals surface area contributed by atoms with Gasteiger partial charge < -0.3 is 9.84 Å². The largest absolute Gasteiger partial charge is 0.507 e. The Bertz CT molecular complexity index is 1450. The highest BCUT2D eigenvalue weighted by atomic mass is 35.5. The van der Waals surface area contributed by atoms with Crippen LogP contribution < -0.4 is 9.64 Å². The van der Waals surface area contributed by atoms with E-state index in [9.17, 15) is 14.7 Å². The molecule has 1 saturated heterocycles. The maximum Gasteiger partial charge on any atom is 0.301 e. The fraction of sp³-hybridized carbons (Fsp3) is 0.115. The summed E-state index contributed by atoms with van der Waals surface area (Å²) in [5.41, 5.74) is 1.71. The maximum atomic E-state index is 13.3. The van der Waals surface area contributed by atoms with Gasteiger partial charge in [-0.1, -0.05) is 65.4 Å². The second-order valence-corrected chi connectivity index (χ2v) is 9.09. The highest BCUT2D eigenvalue weighted by Gasteiger charge is 2.48.